The second kappa shape index (κ2) is 5.22. The van der Waals surface area contributed by atoms with Crippen molar-refractivity contribution in [3.8, 4) is 17.3 Å². The highest BCUT2D eigenvalue weighted by Crippen LogP contribution is 2.31. The van der Waals surface area contributed by atoms with Crippen LogP contribution in [0.25, 0.3) is 16.5 Å². The fourth-order valence-electron chi connectivity index (χ4n) is 2.27. The van der Waals surface area contributed by atoms with Gasteiger partial charge in [-0.15, -0.1) is 0 Å². The van der Waals surface area contributed by atoms with E-state index in [1.807, 2.05) is 0 Å². The summed E-state index contributed by atoms with van der Waals surface area (Å²) in [4.78, 5) is 10.6. The minimum Gasteiger partial charge on any atom is -0.507 e. The maximum Gasteiger partial charge on any atom is 0.294 e. The van der Waals surface area contributed by atoms with Crippen molar-refractivity contribution in [2.75, 3.05) is 0 Å². The summed E-state index contributed by atoms with van der Waals surface area (Å²) in [6, 6.07) is 7.54. The van der Waals surface area contributed by atoms with Crippen LogP contribution in [0.1, 0.15) is 10.5 Å². The van der Waals surface area contributed by atoms with Gasteiger partial charge in [-0.3, -0.25) is 9.35 Å². The Labute approximate surface area is 135 Å². The van der Waals surface area contributed by atoms with E-state index in [2.05, 4.69) is 5.10 Å². The van der Waals surface area contributed by atoms with Gasteiger partial charge in [0.15, 0.2) is 5.69 Å². The lowest BCUT2D eigenvalue weighted by molar-refractivity contribution is 0.0995. The number of amides is 1. The number of carbonyl (C=O) groups is 1. The number of nitrogens with zero attached hydrogens (tertiary/aromatic N) is 2. The SMILES string of the molecule is NC(=O)c1cc(O)n(-c2ccc3c(O)cc(S(=O)(=O)O)cc3c2)n1. The van der Waals surface area contributed by atoms with E-state index in [-0.39, 0.29) is 22.7 Å². The van der Waals surface area contributed by atoms with Crippen molar-refractivity contribution in [3.63, 3.8) is 0 Å². The molecule has 0 saturated carbocycles. The largest absolute Gasteiger partial charge is 0.507 e. The molecule has 0 unspecified atom stereocenters. The highest BCUT2D eigenvalue weighted by molar-refractivity contribution is 7.85. The average molecular weight is 349 g/mol. The zero-order chi connectivity index (χ0) is 17.6. The van der Waals surface area contributed by atoms with Crippen LogP contribution in [0.5, 0.6) is 11.6 Å². The van der Waals surface area contributed by atoms with Gasteiger partial charge in [0.2, 0.25) is 5.88 Å². The molecule has 1 heterocycles. The molecule has 1 amide bonds. The Morgan fingerprint density at radius 2 is 1.83 bits per heavy atom. The van der Waals surface area contributed by atoms with Crippen LogP contribution in [0.4, 0.5) is 0 Å². The first-order valence-corrected chi connectivity index (χ1v) is 7.94. The molecule has 3 rings (SSSR count). The van der Waals surface area contributed by atoms with Crippen LogP contribution in [0.15, 0.2) is 41.3 Å². The molecule has 9 nitrogen and oxygen atoms in total. The van der Waals surface area contributed by atoms with E-state index in [1.54, 1.807) is 0 Å². The summed E-state index contributed by atoms with van der Waals surface area (Å²) in [7, 11) is -4.50. The minimum absolute atomic E-state index is 0.151. The molecular weight excluding hydrogens is 338 g/mol. The number of rotatable bonds is 3. The number of hydrogen-bond donors (Lipinski definition) is 4. The lowest BCUT2D eigenvalue weighted by atomic mass is 10.1. The molecule has 0 aliphatic carbocycles. The number of phenolic OH excluding ortho intramolecular Hbond substituents is 1. The van der Waals surface area contributed by atoms with E-state index in [0.717, 1.165) is 22.9 Å². The summed E-state index contributed by atoms with van der Waals surface area (Å²) in [6.07, 6.45) is 0. The van der Waals surface area contributed by atoms with Gasteiger partial charge in [-0.1, -0.05) is 0 Å². The monoisotopic (exact) mass is 349 g/mol. The van der Waals surface area contributed by atoms with Crippen molar-refractivity contribution < 1.29 is 28.0 Å². The smallest absolute Gasteiger partial charge is 0.294 e. The van der Waals surface area contributed by atoms with E-state index in [0.29, 0.717) is 11.1 Å². The maximum atomic E-state index is 11.3. The van der Waals surface area contributed by atoms with Crippen molar-refractivity contribution in [3.05, 3.63) is 42.1 Å². The molecule has 124 valence electrons. The number of phenols is 1. The van der Waals surface area contributed by atoms with Crippen LogP contribution in [-0.2, 0) is 10.1 Å². The number of primary amides is 1. The summed E-state index contributed by atoms with van der Waals surface area (Å²) < 4.78 is 32.6. The molecule has 0 bridgehead atoms. The summed E-state index contributed by atoms with van der Waals surface area (Å²) in [5, 5.41) is 24.2. The Kier molecular flexibility index (Phi) is 3.43. The normalized spacial score (nSPS) is 11.7. The molecule has 0 fully saturated rings. The Morgan fingerprint density at radius 3 is 2.42 bits per heavy atom. The first-order chi connectivity index (χ1) is 11.2. The number of aromatic nitrogens is 2. The summed E-state index contributed by atoms with van der Waals surface area (Å²) in [6.45, 7) is 0. The average Bonchev–Trinajstić information content (AvgIpc) is 2.88. The number of nitrogens with two attached hydrogens (primary N) is 1. The van der Waals surface area contributed by atoms with Gasteiger partial charge in [-0.2, -0.15) is 13.5 Å². The summed E-state index contributed by atoms with van der Waals surface area (Å²) in [5.41, 5.74) is 5.24. The molecule has 0 atom stereocenters. The molecule has 0 aliphatic rings. The predicted octanol–water partition coefficient (Wildman–Crippen LogP) is 0.782. The lowest BCUT2D eigenvalue weighted by Crippen LogP contribution is -2.12. The van der Waals surface area contributed by atoms with Crippen molar-refractivity contribution in [1.82, 2.24) is 9.78 Å². The third-order valence-electron chi connectivity index (χ3n) is 3.37. The molecule has 24 heavy (non-hydrogen) atoms. The van der Waals surface area contributed by atoms with Crippen LogP contribution < -0.4 is 5.73 Å². The third kappa shape index (κ3) is 2.64. The zero-order valence-electron chi connectivity index (χ0n) is 11.9. The van der Waals surface area contributed by atoms with Crippen molar-refractivity contribution in [2.45, 2.75) is 4.90 Å². The van der Waals surface area contributed by atoms with E-state index >= 15 is 0 Å². The van der Waals surface area contributed by atoms with Gasteiger partial charge in [0, 0.05) is 17.5 Å². The van der Waals surface area contributed by atoms with E-state index in [9.17, 15) is 23.4 Å². The first-order valence-electron chi connectivity index (χ1n) is 6.50. The highest BCUT2D eigenvalue weighted by atomic mass is 32.2. The Morgan fingerprint density at radius 1 is 1.12 bits per heavy atom. The van der Waals surface area contributed by atoms with Gasteiger partial charge in [0.1, 0.15) is 5.75 Å². The fourth-order valence-corrected chi connectivity index (χ4v) is 2.81. The van der Waals surface area contributed by atoms with Crippen LogP contribution >= 0.6 is 0 Å². The molecule has 1 aromatic heterocycles. The molecule has 0 aliphatic heterocycles. The van der Waals surface area contributed by atoms with Gasteiger partial charge in [0.25, 0.3) is 16.0 Å². The molecule has 10 heteroatoms. The molecule has 3 aromatic rings. The van der Waals surface area contributed by atoms with Gasteiger partial charge < -0.3 is 15.9 Å². The van der Waals surface area contributed by atoms with Crippen molar-refractivity contribution >= 4 is 26.8 Å². The molecule has 5 N–H and O–H groups in total. The second-order valence-electron chi connectivity index (χ2n) is 4.99. The van der Waals surface area contributed by atoms with Crippen LogP contribution in [0, 0.1) is 0 Å². The Hall–Kier alpha value is -3.11. The molecule has 0 radical (unpaired) electrons. The quantitative estimate of drug-likeness (QED) is 0.509. The van der Waals surface area contributed by atoms with Gasteiger partial charge in [0.05, 0.1) is 10.6 Å². The number of benzene rings is 2. The molecule has 0 spiro atoms. The van der Waals surface area contributed by atoms with E-state index < -0.39 is 20.9 Å². The first kappa shape index (κ1) is 15.8. The van der Waals surface area contributed by atoms with E-state index in [4.69, 9.17) is 10.3 Å². The van der Waals surface area contributed by atoms with Crippen molar-refractivity contribution in [2.24, 2.45) is 5.73 Å². The molecule has 2 aromatic carbocycles. The van der Waals surface area contributed by atoms with Gasteiger partial charge >= 0.3 is 0 Å². The lowest BCUT2D eigenvalue weighted by Gasteiger charge is -2.08. The summed E-state index contributed by atoms with van der Waals surface area (Å²) in [5.74, 6) is -1.51. The van der Waals surface area contributed by atoms with Crippen LogP contribution in [0.3, 0.4) is 0 Å². The topological polar surface area (TPSA) is 156 Å². The number of hydrogen-bond acceptors (Lipinski definition) is 6. The highest BCUT2D eigenvalue weighted by Gasteiger charge is 2.16. The van der Waals surface area contributed by atoms with E-state index in [1.165, 1.54) is 18.2 Å². The Bertz CT molecular complexity index is 1090. The Balaban J connectivity index is 2.23. The minimum atomic E-state index is -4.50. The number of carbonyl (C=O) groups excluding carboxylic acids is 1. The molecule has 0 saturated heterocycles. The third-order valence-corrected chi connectivity index (χ3v) is 4.20. The van der Waals surface area contributed by atoms with Crippen LogP contribution in [0.2, 0.25) is 0 Å². The van der Waals surface area contributed by atoms with Gasteiger partial charge in [-0.25, -0.2) is 4.68 Å². The second-order valence-corrected chi connectivity index (χ2v) is 6.41. The number of aromatic hydroxyl groups is 2. The standard InChI is InChI=1S/C14H11N3O6S/c15-14(20)11-6-13(19)17(16-11)8-1-2-10-7(3-8)4-9(5-12(10)18)24(21,22)23/h1-6,18-19H,(H2,15,20)(H,21,22,23). The van der Waals surface area contributed by atoms with Crippen LogP contribution in [-0.4, -0.2) is 38.9 Å². The maximum absolute atomic E-state index is 11.3. The summed E-state index contributed by atoms with van der Waals surface area (Å²) >= 11 is 0. The van der Waals surface area contributed by atoms with Gasteiger partial charge in [-0.05, 0) is 29.7 Å². The van der Waals surface area contributed by atoms with Crippen molar-refractivity contribution in [1.29, 1.82) is 0 Å². The number of fused-ring (bicyclic) bond motifs is 1. The molecular formula is C14H11N3O6S. The predicted molar refractivity (Wildman–Crippen MR) is 82.7 cm³/mol. The zero-order valence-corrected chi connectivity index (χ0v) is 12.7. The fraction of sp³-hybridized carbons (Fsp3) is 0.